The maximum absolute atomic E-state index is 12.9. The summed E-state index contributed by atoms with van der Waals surface area (Å²) in [5.41, 5.74) is 3.53. The number of nitrogen functional groups attached to an aromatic ring is 1. The van der Waals surface area contributed by atoms with E-state index in [-0.39, 0.29) is 16.8 Å². The van der Waals surface area contributed by atoms with Gasteiger partial charge in [-0.1, -0.05) is 0 Å². The molecule has 7 heteroatoms. The molecule has 0 aliphatic heterocycles. The Morgan fingerprint density at radius 1 is 1.21 bits per heavy atom. The second-order valence-corrected chi connectivity index (χ2v) is 4.84. The molecule has 0 saturated carbocycles. The number of ether oxygens (including phenoxy) is 1. The molecule has 1 aromatic carbocycles. The van der Waals surface area contributed by atoms with Gasteiger partial charge >= 0.3 is 6.18 Å². The van der Waals surface area contributed by atoms with Gasteiger partial charge in [0.1, 0.15) is 17.2 Å². The van der Waals surface area contributed by atoms with Gasteiger partial charge < -0.3 is 15.9 Å². The molecule has 1 rings (SSSR count). The minimum atomic E-state index is -4.55. The van der Waals surface area contributed by atoms with Gasteiger partial charge in [-0.3, -0.25) is 5.41 Å². The van der Waals surface area contributed by atoms with E-state index in [1.54, 1.807) is 20.8 Å². The van der Waals surface area contributed by atoms with Crippen LogP contribution in [0.5, 0.6) is 5.75 Å². The summed E-state index contributed by atoms with van der Waals surface area (Å²) in [5, 5.41) is 7.16. The van der Waals surface area contributed by atoms with Crippen molar-refractivity contribution in [3.8, 4) is 5.75 Å². The SMILES string of the molecule is CC(C)(C)Oc1ccc(C(=N)N)cc1C(F)(F)F.O. The molecule has 0 atom stereocenters. The maximum atomic E-state index is 12.9. The van der Waals surface area contributed by atoms with Crippen molar-refractivity contribution in [2.45, 2.75) is 32.5 Å². The highest BCUT2D eigenvalue weighted by atomic mass is 19.4. The summed E-state index contributed by atoms with van der Waals surface area (Å²) in [4.78, 5) is 0. The van der Waals surface area contributed by atoms with Crippen molar-refractivity contribution >= 4 is 5.84 Å². The van der Waals surface area contributed by atoms with Crippen LogP contribution in [0.15, 0.2) is 18.2 Å². The Bertz CT molecular complexity index is 465. The van der Waals surface area contributed by atoms with E-state index in [1.807, 2.05) is 0 Å². The van der Waals surface area contributed by atoms with Gasteiger partial charge in [-0.2, -0.15) is 13.2 Å². The molecule has 1 aromatic rings. The molecular formula is C12H17F3N2O2. The van der Waals surface area contributed by atoms with E-state index < -0.39 is 23.2 Å². The van der Waals surface area contributed by atoms with Crippen molar-refractivity contribution in [2.24, 2.45) is 5.73 Å². The minimum absolute atomic E-state index is 0. The lowest BCUT2D eigenvalue weighted by molar-refractivity contribution is -0.139. The van der Waals surface area contributed by atoms with Gasteiger partial charge in [-0.05, 0) is 39.0 Å². The van der Waals surface area contributed by atoms with Gasteiger partial charge in [0.15, 0.2) is 0 Å². The lowest BCUT2D eigenvalue weighted by Gasteiger charge is -2.24. The number of halogens is 3. The smallest absolute Gasteiger partial charge is 0.419 e. The number of nitrogens with one attached hydrogen (secondary N) is 1. The summed E-state index contributed by atoms with van der Waals surface area (Å²) in [5.74, 6) is -0.678. The van der Waals surface area contributed by atoms with Gasteiger partial charge in [0, 0.05) is 5.56 Å². The standard InChI is InChI=1S/C12H15F3N2O.H2O/c1-11(2,3)18-9-5-4-7(10(16)17)6-8(9)12(13,14)15;/h4-6H,1-3H3,(H3,16,17);1H2. The molecule has 0 bridgehead atoms. The summed E-state index contributed by atoms with van der Waals surface area (Å²) in [7, 11) is 0. The Kier molecular flexibility index (Phi) is 4.97. The second kappa shape index (κ2) is 5.48. The van der Waals surface area contributed by atoms with Gasteiger partial charge in [-0.15, -0.1) is 0 Å². The van der Waals surface area contributed by atoms with Crippen molar-refractivity contribution < 1.29 is 23.4 Å². The van der Waals surface area contributed by atoms with E-state index in [2.05, 4.69) is 0 Å². The molecule has 108 valence electrons. The molecule has 0 fully saturated rings. The average molecular weight is 278 g/mol. The fourth-order valence-corrected chi connectivity index (χ4v) is 1.34. The third-order valence-electron chi connectivity index (χ3n) is 2.01. The van der Waals surface area contributed by atoms with E-state index in [4.69, 9.17) is 15.9 Å². The van der Waals surface area contributed by atoms with Crippen LogP contribution in [0.3, 0.4) is 0 Å². The van der Waals surface area contributed by atoms with Crippen LogP contribution in [0, 0.1) is 5.41 Å². The number of amidine groups is 1. The summed E-state index contributed by atoms with van der Waals surface area (Å²) < 4.78 is 43.9. The van der Waals surface area contributed by atoms with Crippen molar-refractivity contribution in [3.63, 3.8) is 0 Å². The molecule has 0 aliphatic rings. The average Bonchev–Trinajstić information content (AvgIpc) is 2.13. The number of hydrogen-bond acceptors (Lipinski definition) is 2. The Morgan fingerprint density at radius 3 is 2.11 bits per heavy atom. The van der Waals surface area contributed by atoms with E-state index in [9.17, 15) is 13.2 Å². The fraction of sp³-hybridized carbons (Fsp3) is 0.417. The number of alkyl halides is 3. The number of hydrogen-bond donors (Lipinski definition) is 2. The number of rotatable bonds is 2. The van der Waals surface area contributed by atoms with Crippen LogP contribution in [0.4, 0.5) is 13.2 Å². The molecule has 4 nitrogen and oxygen atoms in total. The molecule has 0 aliphatic carbocycles. The van der Waals surface area contributed by atoms with Crippen molar-refractivity contribution in [3.05, 3.63) is 29.3 Å². The summed E-state index contributed by atoms with van der Waals surface area (Å²) in [6.45, 7) is 4.98. The second-order valence-electron chi connectivity index (χ2n) is 4.84. The predicted molar refractivity (Wildman–Crippen MR) is 66.5 cm³/mol. The Hall–Kier alpha value is -1.76. The normalized spacial score (nSPS) is 11.7. The number of benzene rings is 1. The number of nitrogens with two attached hydrogens (primary N) is 1. The molecule has 0 unspecified atom stereocenters. The van der Waals surface area contributed by atoms with Gasteiger partial charge in [0.05, 0.1) is 5.56 Å². The van der Waals surface area contributed by atoms with Gasteiger partial charge in [-0.25, -0.2) is 0 Å². The zero-order valence-corrected chi connectivity index (χ0v) is 10.9. The molecular weight excluding hydrogens is 261 g/mol. The van der Waals surface area contributed by atoms with Crippen molar-refractivity contribution in [1.29, 1.82) is 5.41 Å². The molecule has 0 saturated heterocycles. The van der Waals surface area contributed by atoms with E-state index in [1.165, 1.54) is 12.1 Å². The largest absolute Gasteiger partial charge is 0.488 e. The molecule has 5 N–H and O–H groups in total. The topological polar surface area (TPSA) is 90.6 Å². The van der Waals surface area contributed by atoms with E-state index in [0.717, 1.165) is 6.07 Å². The van der Waals surface area contributed by atoms with Crippen LogP contribution in [0.1, 0.15) is 31.9 Å². The molecule has 19 heavy (non-hydrogen) atoms. The molecule has 0 heterocycles. The highest BCUT2D eigenvalue weighted by Gasteiger charge is 2.35. The van der Waals surface area contributed by atoms with Gasteiger partial charge in [0.2, 0.25) is 0 Å². The summed E-state index contributed by atoms with van der Waals surface area (Å²) >= 11 is 0. The Balaban J connectivity index is 0.00000324. The lowest BCUT2D eigenvalue weighted by Crippen LogP contribution is -2.25. The third kappa shape index (κ3) is 4.78. The first-order valence-electron chi connectivity index (χ1n) is 5.25. The predicted octanol–water partition coefficient (Wildman–Crippen LogP) is 2.34. The highest BCUT2D eigenvalue weighted by Crippen LogP contribution is 2.38. The van der Waals surface area contributed by atoms with Crippen LogP contribution in [-0.2, 0) is 6.18 Å². The van der Waals surface area contributed by atoms with E-state index >= 15 is 0 Å². The van der Waals surface area contributed by atoms with E-state index in [0.29, 0.717) is 0 Å². The molecule has 0 radical (unpaired) electrons. The first kappa shape index (κ1) is 17.2. The molecule has 0 amide bonds. The van der Waals surface area contributed by atoms with Crippen LogP contribution in [0.2, 0.25) is 0 Å². The van der Waals surface area contributed by atoms with Gasteiger partial charge in [0.25, 0.3) is 0 Å². The Labute approximate surface area is 109 Å². The minimum Gasteiger partial charge on any atom is -0.488 e. The fourth-order valence-electron chi connectivity index (χ4n) is 1.34. The maximum Gasteiger partial charge on any atom is 0.419 e. The quantitative estimate of drug-likeness (QED) is 0.642. The first-order chi connectivity index (χ1) is 8.00. The zero-order chi connectivity index (χ0) is 14.1. The van der Waals surface area contributed by atoms with Crippen molar-refractivity contribution in [2.75, 3.05) is 0 Å². The monoisotopic (exact) mass is 278 g/mol. The van der Waals surface area contributed by atoms with Crippen LogP contribution in [0.25, 0.3) is 0 Å². The van der Waals surface area contributed by atoms with Crippen LogP contribution in [-0.4, -0.2) is 16.9 Å². The third-order valence-corrected chi connectivity index (χ3v) is 2.01. The molecule has 0 aromatic heterocycles. The van der Waals surface area contributed by atoms with Crippen molar-refractivity contribution in [1.82, 2.24) is 0 Å². The summed E-state index contributed by atoms with van der Waals surface area (Å²) in [6.07, 6.45) is -4.55. The zero-order valence-electron chi connectivity index (χ0n) is 10.9. The highest BCUT2D eigenvalue weighted by molar-refractivity contribution is 5.95. The summed E-state index contributed by atoms with van der Waals surface area (Å²) in [6, 6.07) is 3.34. The first-order valence-corrected chi connectivity index (χ1v) is 5.25. The lowest BCUT2D eigenvalue weighted by atomic mass is 10.1. The van der Waals surface area contributed by atoms with Crippen LogP contribution >= 0.6 is 0 Å². The molecule has 0 spiro atoms. The Morgan fingerprint density at radius 2 is 1.74 bits per heavy atom. The van der Waals surface area contributed by atoms with Crippen LogP contribution < -0.4 is 10.5 Å².